The lowest BCUT2D eigenvalue weighted by molar-refractivity contribution is -0.145. The average molecular weight is 706 g/mol. The lowest BCUT2D eigenvalue weighted by atomic mass is 10.2. The van der Waals surface area contributed by atoms with Crippen LogP contribution < -0.4 is 15.8 Å². The number of ether oxygens (including phenoxy) is 1. The van der Waals surface area contributed by atoms with E-state index in [1.54, 1.807) is 24.3 Å². The van der Waals surface area contributed by atoms with Crippen LogP contribution in [0.5, 0.6) is 5.75 Å². The third-order valence-electron chi connectivity index (χ3n) is 3.63. The minimum Gasteiger partial charge on any atom is -0.479 e. The average Bonchev–Trinajstić information content (AvgIpc) is 2.59. The second-order valence-electron chi connectivity index (χ2n) is 5.66. The summed E-state index contributed by atoms with van der Waals surface area (Å²) in [5.74, 6) is -0.905. The van der Waals surface area contributed by atoms with Gasteiger partial charge in [0.1, 0.15) is 5.75 Å². The van der Waals surface area contributed by atoms with Crippen LogP contribution in [0, 0.1) is 10.7 Å². The number of hydrogen-bond donors (Lipinski definition) is 3. The Bertz CT molecular complexity index is 874. The Hall–Kier alpha value is -0.830. The number of benzene rings is 2. The van der Waals surface area contributed by atoms with Crippen LogP contribution in [0.15, 0.2) is 30.3 Å². The summed E-state index contributed by atoms with van der Waals surface area (Å²) in [4.78, 5) is 24.0. The quantitative estimate of drug-likeness (QED) is 0.279. The zero-order valence-electron chi connectivity index (χ0n) is 14.3. The first-order valence-electron chi connectivity index (χ1n) is 7.98. The van der Waals surface area contributed by atoms with Gasteiger partial charge in [-0.15, -0.1) is 0 Å². The third-order valence-corrected chi connectivity index (χ3v) is 6.49. The molecule has 144 valence electrons. The van der Waals surface area contributed by atoms with Crippen molar-refractivity contribution in [1.82, 2.24) is 0 Å². The molecular weight excluding hydrogens is 689 g/mol. The van der Waals surface area contributed by atoms with E-state index in [-0.39, 0.29) is 5.91 Å². The number of nitrogens with two attached hydrogens (primary N) is 1. The van der Waals surface area contributed by atoms with Gasteiger partial charge >= 0.3 is 5.97 Å². The maximum atomic E-state index is 12.7. The van der Waals surface area contributed by atoms with E-state index in [0.29, 0.717) is 39.1 Å². The molecule has 0 radical (unpaired) electrons. The Kier molecular flexibility index (Phi) is 8.39. The number of carbonyl (C=O) groups excluding carboxylic acids is 1. The SMILES string of the molecule is CCCC(Oc1cccc(NC(=O)c2c(I)cc(I)c(N)c2I)c1)C(=O)O. The summed E-state index contributed by atoms with van der Waals surface area (Å²) in [6.07, 6.45) is 0.182. The molecule has 0 saturated carbocycles. The summed E-state index contributed by atoms with van der Waals surface area (Å²) < 4.78 is 7.94. The maximum Gasteiger partial charge on any atom is 0.344 e. The number of nitrogens with one attached hydrogen (secondary N) is 1. The van der Waals surface area contributed by atoms with Gasteiger partial charge in [0.05, 0.1) is 14.8 Å². The molecule has 27 heavy (non-hydrogen) atoms. The van der Waals surface area contributed by atoms with E-state index in [1.807, 2.05) is 13.0 Å². The first kappa shape index (κ1) is 22.5. The largest absolute Gasteiger partial charge is 0.479 e. The van der Waals surface area contributed by atoms with E-state index < -0.39 is 12.1 Å². The molecule has 1 atom stereocenters. The van der Waals surface area contributed by atoms with Crippen LogP contribution in [0.2, 0.25) is 0 Å². The number of nitrogen functional groups attached to an aromatic ring is 1. The number of carboxylic acid groups (broad SMARTS) is 1. The summed E-state index contributed by atoms with van der Waals surface area (Å²) in [5, 5.41) is 12.1. The Morgan fingerprint density at radius 1 is 1.22 bits per heavy atom. The van der Waals surface area contributed by atoms with E-state index in [9.17, 15) is 14.7 Å². The van der Waals surface area contributed by atoms with Crippen LogP contribution in [0.3, 0.4) is 0 Å². The predicted octanol–water partition coefficient (Wildman–Crippen LogP) is 4.97. The topological polar surface area (TPSA) is 102 Å². The van der Waals surface area contributed by atoms with Gasteiger partial charge in [0.15, 0.2) is 6.10 Å². The highest BCUT2D eigenvalue weighted by Gasteiger charge is 2.20. The van der Waals surface area contributed by atoms with Crippen molar-refractivity contribution in [2.75, 3.05) is 11.1 Å². The molecule has 0 aromatic heterocycles. The number of rotatable bonds is 7. The maximum absolute atomic E-state index is 12.7. The van der Waals surface area contributed by atoms with Crippen molar-refractivity contribution in [2.24, 2.45) is 0 Å². The van der Waals surface area contributed by atoms with Gasteiger partial charge in [0.2, 0.25) is 0 Å². The molecule has 0 aliphatic carbocycles. The summed E-state index contributed by atoms with van der Waals surface area (Å²) in [6, 6.07) is 8.55. The van der Waals surface area contributed by atoms with Crippen LogP contribution in [-0.2, 0) is 4.79 Å². The fourth-order valence-corrected chi connectivity index (χ4v) is 6.17. The van der Waals surface area contributed by atoms with Gasteiger partial charge in [-0.1, -0.05) is 19.4 Å². The minimum atomic E-state index is -1.01. The Morgan fingerprint density at radius 2 is 1.93 bits per heavy atom. The molecular formula is C18H17I3N2O4. The molecule has 0 saturated heterocycles. The van der Waals surface area contributed by atoms with E-state index in [2.05, 4.69) is 73.1 Å². The monoisotopic (exact) mass is 706 g/mol. The first-order chi connectivity index (χ1) is 12.7. The molecule has 0 bridgehead atoms. The number of carbonyl (C=O) groups is 2. The molecule has 2 aromatic carbocycles. The molecule has 2 aromatic rings. The second-order valence-corrected chi connectivity index (χ2v) is 9.06. The molecule has 0 aliphatic rings. The van der Waals surface area contributed by atoms with Gasteiger partial charge in [-0.3, -0.25) is 4.79 Å². The fraction of sp³-hybridized carbons (Fsp3) is 0.222. The smallest absolute Gasteiger partial charge is 0.344 e. The highest BCUT2D eigenvalue weighted by Crippen LogP contribution is 2.30. The Labute approximate surface area is 198 Å². The molecule has 6 nitrogen and oxygen atoms in total. The standard InChI is InChI=1S/C18H17I3N2O4/c1-2-4-13(18(25)26)27-10-6-3-5-9(7-10)23-17(24)14-11(19)8-12(20)16(22)15(14)21/h3,5-8,13H,2,4,22H2,1H3,(H,23,24)(H,25,26). The molecule has 0 fully saturated rings. The van der Waals surface area contributed by atoms with Crippen molar-refractivity contribution in [3.63, 3.8) is 0 Å². The fourth-order valence-electron chi connectivity index (χ4n) is 2.31. The highest BCUT2D eigenvalue weighted by molar-refractivity contribution is 14.1. The Morgan fingerprint density at radius 3 is 2.56 bits per heavy atom. The number of hydrogen-bond acceptors (Lipinski definition) is 4. The van der Waals surface area contributed by atoms with E-state index in [4.69, 9.17) is 10.5 Å². The van der Waals surface area contributed by atoms with Gasteiger partial charge < -0.3 is 20.9 Å². The van der Waals surface area contributed by atoms with Crippen molar-refractivity contribution >= 4 is 91.0 Å². The number of aliphatic carboxylic acids is 1. The van der Waals surface area contributed by atoms with Crippen molar-refractivity contribution in [2.45, 2.75) is 25.9 Å². The van der Waals surface area contributed by atoms with E-state index >= 15 is 0 Å². The number of amides is 1. The van der Waals surface area contributed by atoms with Crippen molar-refractivity contribution < 1.29 is 19.4 Å². The molecule has 0 heterocycles. The number of carboxylic acids is 1. The van der Waals surface area contributed by atoms with Crippen molar-refractivity contribution in [1.29, 1.82) is 0 Å². The summed E-state index contributed by atoms with van der Waals surface area (Å²) in [5.41, 5.74) is 7.64. The summed E-state index contributed by atoms with van der Waals surface area (Å²) >= 11 is 6.31. The van der Waals surface area contributed by atoms with Crippen LogP contribution in [0.4, 0.5) is 11.4 Å². The van der Waals surface area contributed by atoms with Crippen molar-refractivity contribution in [3.8, 4) is 5.75 Å². The molecule has 0 aliphatic heterocycles. The van der Waals surface area contributed by atoms with Gasteiger partial charge in [-0.25, -0.2) is 4.79 Å². The van der Waals surface area contributed by atoms with E-state index in [1.165, 1.54) is 0 Å². The second kappa shape index (κ2) is 10.1. The molecule has 9 heteroatoms. The molecule has 2 rings (SSSR count). The zero-order valence-corrected chi connectivity index (χ0v) is 20.7. The predicted molar refractivity (Wildman–Crippen MR) is 130 cm³/mol. The lowest BCUT2D eigenvalue weighted by Crippen LogP contribution is -2.26. The normalized spacial score (nSPS) is 11.7. The van der Waals surface area contributed by atoms with Crippen LogP contribution in [0.25, 0.3) is 0 Å². The summed E-state index contributed by atoms with van der Waals surface area (Å²) in [7, 11) is 0. The number of halogens is 3. The van der Waals surface area contributed by atoms with Crippen LogP contribution >= 0.6 is 67.8 Å². The third kappa shape index (κ3) is 5.82. The first-order valence-corrected chi connectivity index (χ1v) is 11.2. The number of anilines is 2. The van der Waals surface area contributed by atoms with Crippen LogP contribution in [-0.4, -0.2) is 23.1 Å². The molecule has 4 N–H and O–H groups in total. The van der Waals surface area contributed by atoms with Gasteiger partial charge in [-0.05, 0) is 92.4 Å². The van der Waals surface area contributed by atoms with Gasteiger partial charge in [-0.2, -0.15) is 0 Å². The Balaban J connectivity index is 2.23. The highest BCUT2D eigenvalue weighted by atomic mass is 127. The van der Waals surface area contributed by atoms with Gasteiger partial charge in [0.25, 0.3) is 5.91 Å². The van der Waals surface area contributed by atoms with Crippen molar-refractivity contribution in [3.05, 3.63) is 46.6 Å². The van der Waals surface area contributed by atoms with E-state index in [0.717, 1.165) is 7.14 Å². The lowest BCUT2D eigenvalue weighted by Gasteiger charge is -2.16. The summed E-state index contributed by atoms with van der Waals surface area (Å²) in [6.45, 7) is 1.89. The minimum absolute atomic E-state index is 0.285. The van der Waals surface area contributed by atoms with Gasteiger partial charge in [0, 0.05) is 18.9 Å². The molecule has 1 amide bonds. The van der Waals surface area contributed by atoms with Crippen LogP contribution in [0.1, 0.15) is 30.1 Å². The molecule has 1 unspecified atom stereocenters. The molecule has 0 spiro atoms. The zero-order chi connectivity index (χ0) is 20.1.